The SMILES string of the molecule is O=C(C1=COCCC1)c1ncccn1. The Morgan fingerprint density at radius 2 is 2.14 bits per heavy atom. The Hall–Kier alpha value is -1.71. The van der Waals surface area contributed by atoms with Crippen LogP contribution in [0.2, 0.25) is 0 Å². The van der Waals surface area contributed by atoms with E-state index in [9.17, 15) is 4.79 Å². The quantitative estimate of drug-likeness (QED) is 0.660. The van der Waals surface area contributed by atoms with Crippen molar-refractivity contribution in [2.45, 2.75) is 12.8 Å². The van der Waals surface area contributed by atoms with Crippen molar-refractivity contribution in [3.8, 4) is 0 Å². The number of aromatic nitrogens is 2. The topological polar surface area (TPSA) is 52.1 Å². The number of Topliss-reactive ketones (excluding diaryl/α,β-unsaturated/α-hetero) is 1. The van der Waals surface area contributed by atoms with Gasteiger partial charge in [-0.15, -0.1) is 0 Å². The Labute approximate surface area is 81.6 Å². The summed E-state index contributed by atoms with van der Waals surface area (Å²) in [4.78, 5) is 19.5. The first-order valence-electron chi connectivity index (χ1n) is 4.50. The number of hydrogen-bond acceptors (Lipinski definition) is 4. The summed E-state index contributed by atoms with van der Waals surface area (Å²) in [5.74, 6) is 0.106. The van der Waals surface area contributed by atoms with Crippen molar-refractivity contribution in [2.75, 3.05) is 6.61 Å². The Balaban J connectivity index is 2.20. The molecule has 0 atom stereocenters. The van der Waals surface area contributed by atoms with Gasteiger partial charge in [-0.25, -0.2) is 9.97 Å². The van der Waals surface area contributed by atoms with E-state index in [1.54, 1.807) is 18.5 Å². The van der Waals surface area contributed by atoms with Crippen LogP contribution in [0.4, 0.5) is 0 Å². The lowest BCUT2D eigenvalue weighted by molar-refractivity contribution is 0.1000. The summed E-state index contributed by atoms with van der Waals surface area (Å²) in [6.45, 7) is 0.687. The van der Waals surface area contributed by atoms with Gasteiger partial charge in [0.05, 0.1) is 12.9 Å². The van der Waals surface area contributed by atoms with Crippen LogP contribution >= 0.6 is 0 Å². The first-order valence-corrected chi connectivity index (χ1v) is 4.50. The molecule has 0 radical (unpaired) electrons. The van der Waals surface area contributed by atoms with Gasteiger partial charge in [-0.1, -0.05) is 0 Å². The molecule has 2 heterocycles. The molecule has 0 saturated heterocycles. The molecule has 0 aromatic carbocycles. The van der Waals surface area contributed by atoms with Crippen molar-refractivity contribution in [3.63, 3.8) is 0 Å². The van der Waals surface area contributed by atoms with E-state index >= 15 is 0 Å². The molecular formula is C10H10N2O2. The number of allylic oxidation sites excluding steroid dienone is 1. The van der Waals surface area contributed by atoms with Crippen molar-refractivity contribution in [2.24, 2.45) is 0 Å². The molecule has 1 aliphatic rings. The molecule has 1 aromatic rings. The van der Waals surface area contributed by atoms with Gasteiger partial charge in [-0.3, -0.25) is 4.79 Å². The van der Waals surface area contributed by atoms with Gasteiger partial charge in [-0.2, -0.15) is 0 Å². The van der Waals surface area contributed by atoms with Crippen LogP contribution in [-0.4, -0.2) is 22.4 Å². The molecule has 0 amide bonds. The summed E-state index contributed by atoms with van der Waals surface area (Å²) in [5, 5.41) is 0. The minimum atomic E-state index is -0.134. The minimum Gasteiger partial charge on any atom is -0.501 e. The number of nitrogens with zero attached hydrogens (tertiary/aromatic N) is 2. The first-order chi connectivity index (χ1) is 6.88. The second kappa shape index (κ2) is 4.00. The Morgan fingerprint density at radius 1 is 1.36 bits per heavy atom. The summed E-state index contributed by atoms with van der Waals surface area (Å²) >= 11 is 0. The fraction of sp³-hybridized carbons (Fsp3) is 0.300. The lowest BCUT2D eigenvalue weighted by atomic mass is 10.1. The zero-order valence-corrected chi connectivity index (χ0v) is 7.64. The molecule has 0 aliphatic carbocycles. The zero-order chi connectivity index (χ0) is 9.80. The maximum atomic E-state index is 11.7. The lowest BCUT2D eigenvalue weighted by Crippen LogP contribution is -2.12. The predicted octanol–water partition coefficient (Wildman–Crippen LogP) is 1.35. The van der Waals surface area contributed by atoms with Crippen molar-refractivity contribution in [3.05, 3.63) is 36.1 Å². The molecule has 4 heteroatoms. The van der Waals surface area contributed by atoms with Crippen LogP contribution in [0, 0.1) is 0 Å². The number of carbonyl (C=O) groups is 1. The largest absolute Gasteiger partial charge is 0.501 e. The number of carbonyl (C=O) groups excluding carboxylic acids is 1. The second-order valence-corrected chi connectivity index (χ2v) is 3.02. The molecule has 0 unspecified atom stereocenters. The smallest absolute Gasteiger partial charge is 0.229 e. The average molecular weight is 190 g/mol. The normalized spacial score (nSPS) is 15.6. The van der Waals surface area contributed by atoms with Crippen LogP contribution < -0.4 is 0 Å². The number of hydrogen-bond donors (Lipinski definition) is 0. The Morgan fingerprint density at radius 3 is 2.79 bits per heavy atom. The maximum Gasteiger partial charge on any atom is 0.229 e. The van der Waals surface area contributed by atoms with E-state index in [1.165, 1.54) is 6.26 Å². The number of rotatable bonds is 2. The van der Waals surface area contributed by atoms with Gasteiger partial charge in [0.1, 0.15) is 0 Å². The molecular weight excluding hydrogens is 180 g/mol. The van der Waals surface area contributed by atoms with Crippen molar-refractivity contribution < 1.29 is 9.53 Å². The lowest BCUT2D eigenvalue weighted by Gasteiger charge is -2.11. The molecule has 72 valence electrons. The van der Waals surface area contributed by atoms with Gasteiger partial charge in [-0.05, 0) is 18.9 Å². The maximum absolute atomic E-state index is 11.7. The van der Waals surface area contributed by atoms with Gasteiger partial charge >= 0.3 is 0 Å². The van der Waals surface area contributed by atoms with Gasteiger partial charge in [0.2, 0.25) is 11.6 Å². The summed E-state index contributed by atoms with van der Waals surface area (Å²) in [7, 11) is 0. The summed E-state index contributed by atoms with van der Waals surface area (Å²) in [6, 6.07) is 1.68. The van der Waals surface area contributed by atoms with E-state index in [2.05, 4.69) is 9.97 Å². The van der Waals surface area contributed by atoms with E-state index in [-0.39, 0.29) is 11.6 Å². The monoisotopic (exact) mass is 190 g/mol. The zero-order valence-electron chi connectivity index (χ0n) is 7.64. The van der Waals surface area contributed by atoms with Gasteiger partial charge in [0.25, 0.3) is 0 Å². The van der Waals surface area contributed by atoms with E-state index < -0.39 is 0 Å². The van der Waals surface area contributed by atoms with E-state index in [4.69, 9.17) is 4.74 Å². The molecule has 0 spiro atoms. The van der Waals surface area contributed by atoms with Crippen LogP contribution in [0.15, 0.2) is 30.3 Å². The first kappa shape index (κ1) is 8.87. The summed E-state index contributed by atoms with van der Waals surface area (Å²) in [5.41, 5.74) is 0.655. The number of ketones is 1. The molecule has 0 fully saturated rings. The highest BCUT2D eigenvalue weighted by molar-refractivity contribution is 6.05. The highest BCUT2D eigenvalue weighted by Gasteiger charge is 2.16. The van der Waals surface area contributed by atoms with Crippen molar-refractivity contribution in [1.29, 1.82) is 0 Å². The van der Waals surface area contributed by atoms with Crippen LogP contribution in [-0.2, 0) is 4.74 Å². The second-order valence-electron chi connectivity index (χ2n) is 3.02. The summed E-state index contributed by atoms with van der Waals surface area (Å²) < 4.78 is 5.09. The predicted molar refractivity (Wildman–Crippen MR) is 49.6 cm³/mol. The van der Waals surface area contributed by atoms with Crippen molar-refractivity contribution in [1.82, 2.24) is 9.97 Å². The molecule has 4 nitrogen and oxygen atoms in total. The highest BCUT2D eigenvalue weighted by atomic mass is 16.5. The Bertz CT molecular complexity index is 360. The molecule has 0 bridgehead atoms. The van der Waals surface area contributed by atoms with Gasteiger partial charge in [0.15, 0.2) is 0 Å². The van der Waals surface area contributed by atoms with E-state index in [1.807, 2.05) is 0 Å². The fourth-order valence-corrected chi connectivity index (χ4v) is 1.29. The molecule has 14 heavy (non-hydrogen) atoms. The molecule has 0 saturated carbocycles. The molecule has 0 N–H and O–H groups in total. The minimum absolute atomic E-state index is 0.134. The van der Waals surface area contributed by atoms with Crippen LogP contribution in [0.25, 0.3) is 0 Å². The average Bonchev–Trinajstić information content (AvgIpc) is 2.30. The molecule has 2 rings (SSSR count). The molecule has 1 aromatic heterocycles. The standard InChI is InChI=1S/C10H10N2O2/c13-9(8-3-1-6-14-7-8)10-11-4-2-5-12-10/h2,4-5,7H,1,3,6H2. The fourth-order valence-electron chi connectivity index (χ4n) is 1.29. The molecule has 1 aliphatic heterocycles. The third-order valence-electron chi connectivity index (χ3n) is 1.99. The van der Waals surface area contributed by atoms with Crippen LogP contribution in [0.5, 0.6) is 0 Å². The van der Waals surface area contributed by atoms with Gasteiger partial charge < -0.3 is 4.74 Å². The highest BCUT2D eigenvalue weighted by Crippen LogP contribution is 2.14. The third-order valence-corrected chi connectivity index (χ3v) is 1.99. The van der Waals surface area contributed by atoms with Gasteiger partial charge in [0, 0.05) is 18.0 Å². The third kappa shape index (κ3) is 1.79. The van der Waals surface area contributed by atoms with Crippen LogP contribution in [0.1, 0.15) is 23.5 Å². The van der Waals surface area contributed by atoms with Crippen molar-refractivity contribution >= 4 is 5.78 Å². The van der Waals surface area contributed by atoms with Crippen LogP contribution in [0.3, 0.4) is 0 Å². The number of ether oxygens (including phenoxy) is 1. The van der Waals surface area contributed by atoms with E-state index in [0.717, 1.165) is 12.8 Å². The Kier molecular flexibility index (Phi) is 2.53. The van der Waals surface area contributed by atoms with E-state index in [0.29, 0.717) is 12.2 Å². The summed E-state index contributed by atoms with van der Waals surface area (Å²) in [6.07, 6.45) is 6.26.